The number of ether oxygens (including phenoxy) is 3. The fourth-order valence-corrected chi connectivity index (χ4v) is 9.67. The molecule has 400 valence electrons. The van der Waals surface area contributed by atoms with Crippen LogP contribution in [0, 0.1) is 43.3 Å². The molecule has 1 saturated heterocycles. The first-order chi connectivity index (χ1) is 35.5. The normalized spacial score (nSPS) is 16.4. The van der Waals surface area contributed by atoms with E-state index in [2.05, 4.69) is 35.8 Å². The van der Waals surface area contributed by atoms with Crippen molar-refractivity contribution >= 4 is 115 Å². The number of allylic oxidation sites excluding steroid dienone is 3. The second-order valence-electron chi connectivity index (χ2n) is 19.5. The van der Waals surface area contributed by atoms with Gasteiger partial charge in [0, 0.05) is 36.0 Å². The van der Waals surface area contributed by atoms with Crippen LogP contribution in [0.1, 0.15) is 166 Å². The molecule has 4 aliphatic rings. The third-order valence-corrected chi connectivity index (χ3v) is 13.7. The molecule has 14 nitrogen and oxygen atoms in total. The number of hydrogen-bond acceptors (Lipinski definition) is 7. The number of amides is 2. The summed E-state index contributed by atoms with van der Waals surface area (Å²) in [5, 5.41) is 3.83. The molecule has 3 aromatic rings. The number of piperidine rings is 1. The van der Waals surface area contributed by atoms with Crippen LogP contribution < -0.4 is 56.7 Å². The summed E-state index contributed by atoms with van der Waals surface area (Å²) in [6.07, 6.45) is 18.0. The second-order valence-corrected chi connectivity index (χ2v) is 20.1. The van der Waals surface area contributed by atoms with Gasteiger partial charge in [-0.1, -0.05) is 105 Å². The van der Waals surface area contributed by atoms with Gasteiger partial charge in [-0.25, -0.2) is 23.6 Å². The summed E-state index contributed by atoms with van der Waals surface area (Å²) in [6.45, 7) is 36.2. The zero-order valence-corrected chi connectivity index (χ0v) is 57.0. The maximum absolute atomic E-state index is 13.9. The third-order valence-electron chi connectivity index (χ3n) is 12.8. The Morgan fingerprint density at radius 2 is 1.28 bits per heavy atom. The second kappa shape index (κ2) is 40.0. The number of alkyl halides is 1. The van der Waals surface area contributed by atoms with Crippen molar-refractivity contribution in [3.8, 4) is 0 Å². The minimum absolute atomic E-state index is 0. The molecule has 7 rings (SSSR count). The van der Waals surface area contributed by atoms with Gasteiger partial charge in [0.15, 0.2) is 17.1 Å². The van der Waals surface area contributed by atoms with E-state index in [4.69, 9.17) is 33.9 Å². The quantitative estimate of drug-likeness (QED) is 0.0627. The van der Waals surface area contributed by atoms with Crippen LogP contribution in [0.15, 0.2) is 72.0 Å². The van der Waals surface area contributed by atoms with E-state index in [1.165, 1.54) is 127 Å². The third kappa shape index (κ3) is 25.3. The Balaban J connectivity index is 0.00000101. The molecule has 0 spiro atoms. The number of aromatic nitrogens is 2. The Kier molecular flexibility index (Phi) is 38.3. The summed E-state index contributed by atoms with van der Waals surface area (Å²) in [5.41, 5.74) is 2.22. The standard InChI is InChI=1S/C21H24FN3O.C15H20N2O2.C11H20BrNO2.C9H9NO2.CH4.3K.H/c1-15(17-10-6-7-11-18(17)22)24-21(26)19-12-13-20(23-2)25(19)14-16-8-4-3-5-9-16;1-3-19-15(18)13-9-10-14(16-2)17(13)11-12-7-5-4-6-8-12;1-11(2,3)15-10(14)13-6-4-5-9(7-12)8-13;1-3-12-9(11)7-4-5-8(6-7)10-2;;;;;/h6-7,10-13,15-16H,3-5,8-9,14H2,1H3,(H,24,26);9-10,12H,3-8,11H2,1H3;9H,4-8H2,1-3H3;4-5H,3,6H2,1H3;1H4;;;;/q;;;;;;;+1;-1/t15-;;;;;;;;/m0......../s1. The number of carbonyl (C=O) groups is 4. The van der Waals surface area contributed by atoms with Gasteiger partial charge in [-0.15, -0.1) is 0 Å². The van der Waals surface area contributed by atoms with Crippen LogP contribution in [-0.4, -0.2) is 138 Å². The Morgan fingerprint density at radius 3 is 1.76 bits per heavy atom. The van der Waals surface area contributed by atoms with Gasteiger partial charge >= 0.3 is 133 Å². The Hall–Kier alpha value is -1.27. The predicted octanol–water partition coefficient (Wildman–Crippen LogP) is 10.7. The van der Waals surface area contributed by atoms with E-state index < -0.39 is 11.6 Å². The Morgan fingerprint density at radius 1 is 0.763 bits per heavy atom. The van der Waals surface area contributed by atoms with E-state index in [1.54, 1.807) is 75.4 Å². The van der Waals surface area contributed by atoms with E-state index in [0.29, 0.717) is 83.8 Å². The topological polar surface area (TPSA) is 134 Å². The fourth-order valence-electron chi connectivity index (χ4n) is 9.14. The molecule has 1 unspecified atom stereocenters. The van der Waals surface area contributed by atoms with Crippen molar-refractivity contribution in [2.75, 3.05) is 31.6 Å². The molecule has 76 heavy (non-hydrogen) atoms. The summed E-state index contributed by atoms with van der Waals surface area (Å²) in [7, 11) is 0. The zero-order valence-electron chi connectivity index (χ0n) is 47.0. The summed E-state index contributed by atoms with van der Waals surface area (Å²) in [5.74, 6) is 1.44. The van der Waals surface area contributed by atoms with Gasteiger partial charge < -0.3 is 35.5 Å². The van der Waals surface area contributed by atoms with Gasteiger partial charge in [0.1, 0.15) is 11.4 Å². The van der Waals surface area contributed by atoms with Gasteiger partial charge in [-0.05, 0) is 128 Å². The molecule has 0 bridgehead atoms. The van der Waals surface area contributed by atoms with Crippen LogP contribution >= 0.6 is 15.9 Å². The average molecular weight is 1190 g/mol. The summed E-state index contributed by atoms with van der Waals surface area (Å²) in [4.78, 5) is 59.6. The minimum atomic E-state index is -0.446. The molecule has 1 aliphatic heterocycles. The molecule has 2 atom stereocenters. The number of likely N-dealkylation sites (tertiary alicyclic amines) is 1. The molecule has 3 fully saturated rings. The van der Waals surface area contributed by atoms with Crippen molar-refractivity contribution in [2.45, 2.75) is 157 Å². The van der Waals surface area contributed by atoms with Gasteiger partial charge in [-0.2, -0.15) is 0 Å². The predicted molar refractivity (Wildman–Crippen MR) is 300 cm³/mol. The molecule has 3 heterocycles. The maximum atomic E-state index is 13.9. The van der Waals surface area contributed by atoms with Gasteiger partial charge in [-0.3, -0.25) is 13.9 Å². The van der Waals surface area contributed by atoms with Crippen molar-refractivity contribution in [3.63, 3.8) is 0 Å². The SMILES string of the molecule is C.CC(C)(C)OC(=O)N1CCCC(CBr)C1.[C-]#[N+]C1=CC=C(C(=O)OCC)C1.[C-]#[N+]c1ccc(C(=O)N[C@@H](C)c2ccccc2F)n1CC1CCCCC1.[C-]#[N+]c1ccc(C(=O)OCC)n1CC1CCCCC1.[H-].[K+].[K][K]. The van der Waals surface area contributed by atoms with Crippen LogP contribution in [0.2, 0.25) is 0 Å². The number of esters is 2. The first kappa shape index (κ1) is 72.7. The molecule has 1 N–H and O–H groups in total. The summed E-state index contributed by atoms with van der Waals surface area (Å²) < 4.78 is 32.8. The molecule has 19 heteroatoms. The fraction of sp³-hybridized carbons (Fsp3) is 0.561. The summed E-state index contributed by atoms with van der Waals surface area (Å²) in [6, 6.07) is 12.8. The number of halogens is 2. The van der Waals surface area contributed by atoms with E-state index in [9.17, 15) is 23.6 Å². The molecular weight excluding hydrogens is 1110 g/mol. The van der Waals surface area contributed by atoms with Gasteiger partial charge in [0.25, 0.3) is 5.91 Å². The zero-order chi connectivity index (χ0) is 54.6. The molecular formula is C57H78BrFK3N7O7. The molecule has 3 aliphatic carbocycles. The van der Waals surface area contributed by atoms with Crippen LogP contribution in [0.4, 0.5) is 20.8 Å². The number of hydrogen-bond donors (Lipinski definition) is 1. The molecule has 2 aromatic heterocycles. The molecule has 0 radical (unpaired) electrons. The number of carbonyl (C=O) groups excluding carboxylic acids is 4. The van der Waals surface area contributed by atoms with Crippen molar-refractivity contribution in [3.05, 3.63) is 129 Å². The average Bonchev–Trinajstić information content (AvgIpc) is 4.17. The number of nitrogens with zero attached hydrogens (tertiary/aromatic N) is 6. The number of rotatable bonds is 12. The van der Waals surface area contributed by atoms with Crippen LogP contribution in [0.25, 0.3) is 14.5 Å². The molecule has 2 saturated carbocycles. The van der Waals surface area contributed by atoms with Gasteiger partial charge in [0.2, 0.25) is 11.6 Å². The van der Waals surface area contributed by atoms with E-state index in [-0.39, 0.29) is 90.0 Å². The first-order valence-electron chi connectivity index (χ1n) is 26.4. The van der Waals surface area contributed by atoms with E-state index in [1.807, 2.05) is 34.8 Å². The van der Waals surface area contributed by atoms with Crippen molar-refractivity contribution in [1.29, 1.82) is 0 Å². The van der Waals surface area contributed by atoms with Crippen LogP contribution in [-0.2, 0) is 32.1 Å². The Labute approximate surface area is 550 Å². The van der Waals surface area contributed by atoms with Crippen molar-refractivity contribution in [1.82, 2.24) is 19.4 Å². The van der Waals surface area contributed by atoms with E-state index in [0.717, 1.165) is 44.2 Å². The van der Waals surface area contributed by atoms with Crippen LogP contribution in [0.3, 0.4) is 0 Å². The monoisotopic (exact) mass is 1190 g/mol. The van der Waals surface area contributed by atoms with Crippen molar-refractivity contribution in [2.24, 2.45) is 17.8 Å². The van der Waals surface area contributed by atoms with Crippen molar-refractivity contribution < 1.29 is 90.6 Å². The molecule has 2 amide bonds. The summed E-state index contributed by atoms with van der Waals surface area (Å²) >= 11 is 5.97. The first-order valence-corrected chi connectivity index (χ1v) is 43.5. The number of benzene rings is 1. The van der Waals surface area contributed by atoms with Crippen LogP contribution in [0.5, 0.6) is 0 Å². The van der Waals surface area contributed by atoms with E-state index >= 15 is 0 Å². The Bertz CT molecular complexity index is 2480. The molecule has 1 aromatic carbocycles. The van der Waals surface area contributed by atoms with Gasteiger partial charge in [0.05, 0.1) is 38.9 Å². The number of nitrogens with one attached hydrogen (secondary N) is 1.